The Labute approximate surface area is 440 Å². The molecule has 0 atom stereocenters. The Bertz CT molecular complexity index is 3720. The summed E-state index contributed by atoms with van der Waals surface area (Å²) in [5.41, 5.74) is 16.3. The molecule has 1 amide bonds. The predicted octanol–water partition coefficient (Wildman–Crippen LogP) is 12.0. The van der Waals surface area contributed by atoms with E-state index in [-0.39, 0.29) is 30.4 Å². The molecule has 0 bridgehead atoms. The number of carbonyl (C=O) groups excluding carboxylic acids is 1. The van der Waals surface area contributed by atoms with Gasteiger partial charge in [-0.25, -0.2) is 13.6 Å². The molecule has 8 heterocycles. The van der Waals surface area contributed by atoms with Crippen molar-refractivity contribution >= 4 is 90.1 Å². The fraction of sp³-hybridized carbons (Fsp3) is 0.207. The van der Waals surface area contributed by atoms with Gasteiger partial charge in [-0.2, -0.15) is 0 Å². The maximum absolute atomic E-state index is 14.5. The third-order valence-corrected chi connectivity index (χ3v) is 14.2. The number of pyridine rings is 4. The Morgan fingerprint density at radius 2 is 1.09 bits per heavy atom. The predicted molar refractivity (Wildman–Crippen MR) is 293 cm³/mol. The molecule has 0 unspecified atom stereocenters. The van der Waals surface area contributed by atoms with Gasteiger partial charge in [-0.1, -0.05) is 35.3 Å². The van der Waals surface area contributed by atoms with Gasteiger partial charge >= 0.3 is 5.97 Å². The van der Waals surface area contributed by atoms with Crippen LogP contribution in [0.25, 0.3) is 43.6 Å². The van der Waals surface area contributed by atoms with E-state index in [1.54, 1.807) is 55.1 Å². The van der Waals surface area contributed by atoms with Crippen molar-refractivity contribution in [2.45, 2.75) is 51.6 Å². The smallest absolute Gasteiger partial charge is 0.335 e. The molecule has 380 valence electrons. The van der Waals surface area contributed by atoms with Crippen molar-refractivity contribution in [3.05, 3.63) is 201 Å². The molecule has 0 aliphatic carbocycles. The number of carboxylic acids is 1. The molecule has 13 nitrogen and oxygen atoms in total. The first-order valence-electron chi connectivity index (χ1n) is 24.7. The summed E-state index contributed by atoms with van der Waals surface area (Å²) >= 11 is 12.0. The summed E-state index contributed by atoms with van der Waals surface area (Å²) in [6, 6.07) is 29.5. The van der Waals surface area contributed by atoms with Crippen molar-refractivity contribution in [1.82, 2.24) is 35.2 Å². The Balaban J connectivity index is 0.000000144. The quantitative estimate of drug-likeness (QED) is 0.0836. The summed E-state index contributed by atoms with van der Waals surface area (Å²) in [6.45, 7) is 4.58. The first-order valence-corrected chi connectivity index (χ1v) is 25.5. The first kappa shape index (κ1) is 50.5. The standard InChI is InChI=1S/C29H25ClFN5O.C20H19N3O2.C9H8ClFN2/c30-25-17-34-28-14-26(31)21(13-24(25)28)15-35-29(37)19-5-6-32-22(11-19)10-18-3-4-27-20(9-18)12-23(16-33-27)36-7-1-2-8-36;24-20(25)15-5-6-21-17(11-15)10-14-3-4-19-16(9-14)12-18(13-22-19)23-7-1-2-8-23;10-7-4-13-9-2-8(11)5(3-12)1-6(7)9/h3-6,9,11-14,16-17,34H,1-2,7-8,10,15H2,(H,35,37);3-6,9,11-13H,1-2,7-8,10H2,(H,24,25);1-2,4,13H,3,12H2. The molecule has 4 aromatic carbocycles. The number of nitrogens with two attached hydrogens (primary N) is 1. The van der Waals surface area contributed by atoms with Gasteiger partial charge in [0, 0.05) is 138 Å². The first-order chi connectivity index (χ1) is 36.4. The van der Waals surface area contributed by atoms with Crippen molar-refractivity contribution in [2.75, 3.05) is 36.0 Å². The monoisotopic (exact) mass is 1040 g/mol. The van der Waals surface area contributed by atoms with Gasteiger partial charge in [0.05, 0.1) is 50.4 Å². The minimum Gasteiger partial charge on any atom is -0.478 e. The van der Waals surface area contributed by atoms with E-state index in [0.717, 1.165) is 87.0 Å². The van der Waals surface area contributed by atoms with E-state index >= 15 is 0 Å². The SMILES string of the molecule is NCc1cc2c(Cl)c[nH]c2cc1F.O=C(NCc1cc2c(Cl)c[nH]c2cc1F)c1ccnc(Cc2ccc3ncc(N4CCCC4)cc3c2)c1.O=C(O)c1ccnc(Cc2ccc3ncc(N4CCCC4)cc3c2)c1. The Morgan fingerprint density at radius 3 is 1.60 bits per heavy atom. The number of aromatic nitrogens is 6. The van der Waals surface area contributed by atoms with Gasteiger partial charge in [-0.3, -0.25) is 24.7 Å². The maximum atomic E-state index is 14.5. The number of carboxylic acid groups (broad SMARTS) is 1. The average molecular weight is 1050 g/mol. The molecular weight excluding hydrogens is 994 g/mol. The molecule has 0 spiro atoms. The van der Waals surface area contributed by atoms with E-state index < -0.39 is 11.8 Å². The number of benzene rings is 4. The summed E-state index contributed by atoms with van der Waals surface area (Å²) < 4.78 is 27.7. The number of nitrogens with one attached hydrogen (secondary N) is 3. The van der Waals surface area contributed by atoms with E-state index in [9.17, 15) is 18.4 Å². The third-order valence-electron chi connectivity index (χ3n) is 13.6. The second kappa shape index (κ2) is 22.6. The molecule has 75 heavy (non-hydrogen) atoms. The number of hydrogen-bond donors (Lipinski definition) is 5. The van der Waals surface area contributed by atoms with Crippen molar-refractivity contribution < 1.29 is 23.5 Å². The molecule has 2 saturated heterocycles. The fourth-order valence-electron chi connectivity index (χ4n) is 9.57. The molecule has 0 saturated carbocycles. The van der Waals surface area contributed by atoms with Crippen LogP contribution in [0.1, 0.15) is 80.0 Å². The highest BCUT2D eigenvalue weighted by molar-refractivity contribution is 6.36. The van der Waals surface area contributed by atoms with Crippen LogP contribution in [0.5, 0.6) is 0 Å². The van der Waals surface area contributed by atoms with Gasteiger partial charge in [0.15, 0.2) is 0 Å². The molecule has 6 N–H and O–H groups in total. The van der Waals surface area contributed by atoms with Gasteiger partial charge in [-0.15, -0.1) is 0 Å². The molecule has 2 aliphatic rings. The molecule has 10 aromatic rings. The number of rotatable bonds is 11. The van der Waals surface area contributed by atoms with Crippen LogP contribution in [0.15, 0.2) is 134 Å². The lowest BCUT2D eigenvalue weighted by Crippen LogP contribution is -2.23. The van der Waals surface area contributed by atoms with E-state index in [2.05, 4.69) is 69.3 Å². The lowest BCUT2D eigenvalue weighted by molar-refractivity contribution is 0.0696. The second-order valence-corrected chi connectivity index (χ2v) is 19.5. The minimum atomic E-state index is -0.929. The van der Waals surface area contributed by atoms with Gasteiger partial charge < -0.3 is 35.9 Å². The zero-order valence-corrected chi connectivity index (χ0v) is 42.2. The molecule has 12 rings (SSSR count). The van der Waals surface area contributed by atoms with Crippen LogP contribution >= 0.6 is 23.2 Å². The average Bonchev–Trinajstić information content (AvgIpc) is 4.29. The zero-order chi connectivity index (χ0) is 52.0. The van der Waals surface area contributed by atoms with Crippen LogP contribution in [0, 0.1) is 11.6 Å². The van der Waals surface area contributed by atoms with Crippen molar-refractivity contribution in [3.8, 4) is 0 Å². The highest BCUT2D eigenvalue weighted by Gasteiger charge is 2.17. The third kappa shape index (κ3) is 11.9. The van der Waals surface area contributed by atoms with Gasteiger partial charge in [0.25, 0.3) is 5.91 Å². The Hall–Kier alpha value is -7.98. The summed E-state index contributed by atoms with van der Waals surface area (Å²) in [4.78, 5) is 52.5. The number of aromatic carboxylic acids is 1. The van der Waals surface area contributed by atoms with Crippen molar-refractivity contribution in [2.24, 2.45) is 5.73 Å². The summed E-state index contributed by atoms with van der Waals surface area (Å²) in [5, 5.41) is 16.7. The Morgan fingerprint density at radius 1 is 0.613 bits per heavy atom. The van der Waals surface area contributed by atoms with E-state index in [4.69, 9.17) is 34.0 Å². The number of hydrogen-bond acceptors (Lipinski definition) is 9. The maximum Gasteiger partial charge on any atom is 0.335 e. The number of anilines is 2. The van der Waals surface area contributed by atoms with E-state index in [0.29, 0.717) is 50.6 Å². The minimum absolute atomic E-state index is 0.0524. The van der Waals surface area contributed by atoms with Crippen molar-refractivity contribution in [3.63, 3.8) is 0 Å². The lowest BCUT2D eigenvalue weighted by Gasteiger charge is -2.17. The number of carbonyl (C=O) groups is 2. The van der Waals surface area contributed by atoms with Crippen LogP contribution in [0.2, 0.25) is 10.0 Å². The van der Waals surface area contributed by atoms with Gasteiger partial charge in [-0.05, 0) is 122 Å². The highest BCUT2D eigenvalue weighted by Crippen LogP contribution is 2.29. The largest absolute Gasteiger partial charge is 0.478 e. The van der Waals surface area contributed by atoms with Gasteiger partial charge in [0.2, 0.25) is 0 Å². The fourth-order valence-corrected chi connectivity index (χ4v) is 10.00. The van der Waals surface area contributed by atoms with Crippen LogP contribution in [0.4, 0.5) is 20.2 Å². The molecular formula is C58H52Cl2F2N10O3. The van der Waals surface area contributed by atoms with Crippen LogP contribution in [-0.4, -0.2) is 73.1 Å². The molecule has 0 radical (unpaired) electrons. The topological polar surface area (TPSA) is 182 Å². The number of amides is 1. The molecule has 6 aromatic heterocycles. The van der Waals surface area contributed by atoms with Gasteiger partial charge in [0.1, 0.15) is 11.6 Å². The molecule has 2 fully saturated rings. The molecule has 2 aliphatic heterocycles. The summed E-state index contributed by atoms with van der Waals surface area (Å²) in [7, 11) is 0. The van der Waals surface area contributed by atoms with E-state index in [1.807, 2.05) is 36.7 Å². The number of fused-ring (bicyclic) bond motifs is 4. The van der Waals surface area contributed by atoms with Crippen LogP contribution < -0.4 is 20.9 Å². The highest BCUT2D eigenvalue weighted by atomic mass is 35.5. The lowest BCUT2D eigenvalue weighted by atomic mass is 10.0. The van der Waals surface area contributed by atoms with Crippen LogP contribution in [0.3, 0.4) is 0 Å². The summed E-state index contributed by atoms with van der Waals surface area (Å²) in [6.07, 6.45) is 16.4. The normalized spacial score (nSPS) is 13.3. The number of H-pyrrole nitrogens is 2. The zero-order valence-electron chi connectivity index (χ0n) is 40.7. The number of nitrogens with zero attached hydrogens (tertiary/aromatic N) is 6. The number of halogens is 4. The van der Waals surface area contributed by atoms with Crippen LogP contribution in [-0.2, 0) is 25.9 Å². The van der Waals surface area contributed by atoms with E-state index in [1.165, 1.54) is 49.6 Å². The Kier molecular flexibility index (Phi) is 15.3. The molecule has 17 heteroatoms. The second-order valence-electron chi connectivity index (χ2n) is 18.7. The van der Waals surface area contributed by atoms with Crippen molar-refractivity contribution in [1.29, 1.82) is 0 Å². The number of aromatic amines is 2. The summed E-state index contributed by atoms with van der Waals surface area (Å²) in [5.74, 6) is -1.92.